The molecule has 1 aliphatic carbocycles. The van der Waals surface area contributed by atoms with E-state index >= 15 is 0 Å². The van der Waals surface area contributed by atoms with Gasteiger partial charge in [-0.05, 0) is 49.6 Å². The summed E-state index contributed by atoms with van der Waals surface area (Å²) in [6.45, 7) is 2.07. The molecule has 0 amide bonds. The lowest BCUT2D eigenvalue weighted by atomic mass is 10.1. The zero-order valence-corrected chi connectivity index (χ0v) is 14.0. The molecule has 1 aliphatic rings. The highest BCUT2D eigenvalue weighted by molar-refractivity contribution is 7.90. The van der Waals surface area contributed by atoms with Crippen molar-refractivity contribution in [1.29, 1.82) is 0 Å². The molecule has 0 unspecified atom stereocenters. The van der Waals surface area contributed by atoms with Gasteiger partial charge in [-0.3, -0.25) is 4.68 Å². The van der Waals surface area contributed by atoms with Crippen LogP contribution in [0.2, 0.25) is 0 Å². The fourth-order valence-corrected chi connectivity index (χ4v) is 3.86. The summed E-state index contributed by atoms with van der Waals surface area (Å²) in [6, 6.07) is 8.26. The van der Waals surface area contributed by atoms with E-state index in [-0.39, 0.29) is 17.9 Å². The lowest BCUT2D eigenvalue weighted by molar-refractivity contribution is 0.287. The Morgan fingerprint density at radius 3 is 2.87 bits per heavy atom. The van der Waals surface area contributed by atoms with Crippen molar-refractivity contribution in [3.05, 3.63) is 36.7 Å². The van der Waals surface area contributed by atoms with Crippen molar-refractivity contribution in [1.82, 2.24) is 14.5 Å². The minimum Gasteiger partial charge on any atom is -0.492 e. The highest BCUT2D eigenvalue weighted by Gasteiger charge is 2.36. The quantitative estimate of drug-likeness (QED) is 0.837. The minimum absolute atomic E-state index is 0.216. The van der Waals surface area contributed by atoms with Gasteiger partial charge in [-0.15, -0.1) is 0 Å². The van der Waals surface area contributed by atoms with Gasteiger partial charge in [0.1, 0.15) is 12.4 Å². The molecular formula is C16H20N3O3S. The molecule has 2 aromatic rings. The number of nitrogens with zero attached hydrogens (tertiary/aromatic N) is 2. The van der Waals surface area contributed by atoms with Crippen molar-refractivity contribution < 1.29 is 13.2 Å². The second-order valence-corrected chi connectivity index (χ2v) is 7.93. The van der Waals surface area contributed by atoms with Crippen LogP contribution in [0.15, 0.2) is 30.6 Å². The number of sulfonamides is 1. The Morgan fingerprint density at radius 1 is 1.43 bits per heavy atom. The van der Waals surface area contributed by atoms with Crippen LogP contribution in [0.1, 0.15) is 19.8 Å². The van der Waals surface area contributed by atoms with E-state index in [9.17, 15) is 8.42 Å². The number of ether oxygens (including phenoxy) is 1. The molecule has 7 heteroatoms. The topological polar surface area (TPSA) is 73.2 Å². The van der Waals surface area contributed by atoms with Crippen LogP contribution < -0.4 is 9.46 Å². The molecule has 1 radical (unpaired) electrons. The molecule has 1 saturated carbocycles. The average molecular weight is 334 g/mol. The summed E-state index contributed by atoms with van der Waals surface area (Å²) in [5.41, 5.74) is 1.94. The van der Waals surface area contributed by atoms with Gasteiger partial charge >= 0.3 is 0 Å². The van der Waals surface area contributed by atoms with Crippen LogP contribution in [-0.2, 0) is 17.1 Å². The van der Waals surface area contributed by atoms with Gasteiger partial charge < -0.3 is 4.74 Å². The monoisotopic (exact) mass is 334 g/mol. The van der Waals surface area contributed by atoms with Gasteiger partial charge in [0.25, 0.3) is 0 Å². The smallest absolute Gasteiger partial charge is 0.214 e. The Morgan fingerprint density at radius 2 is 2.22 bits per heavy atom. The van der Waals surface area contributed by atoms with E-state index in [4.69, 9.17) is 4.74 Å². The molecule has 1 fully saturated rings. The molecule has 123 valence electrons. The van der Waals surface area contributed by atoms with Crippen LogP contribution in [0.25, 0.3) is 11.1 Å². The second kappa shape index (κ2) is 6.33. The van der Waals surface area contributed by atoms with Gasteiger partial charge in [0.15, 0.2) is 0 Å². The van der Waals surface area contributed by atoms with Crippen molar-refractivity contribution in [2.75, 3.05) is 6.61 Å². The highest BCUT2D eigenvalue weighted by atomic mass is 32.2. The Balaban J connectivity index is 1.60. The molecule has 0 saturated heterocycles. The van der Waals surface area contributed by atoms with Crippen molar-refractivity contribution in [2.45, 2.75) is 31.1 Å². The fourth-order valence-electron chi connectivity index (χ4n) is 2.28. The molecule has 1 N–H and O–H groups in total. The standard InChI is InChI=1S/C16H20N3O3S/c1-12(18-23(20,21)16-6-7-16)11-22-15-5-3-4-13(8-15)14-9-17-19(2)10-14/h4-5,8-10,12,16,18H,6-7,11H2,1-2H3/t12-/m1/s1. The lowest BCUT2D eigenvalue weighted by Gasteiger charge is -2.15. The molecule has 1 atom stereocenters. The van der Waals surface area contributed by atoms with E-state index in [0.717, 1.165) is 24.0 Å². The third-order valence-corrected chi connectivity index (χ3v) is 5.71. The zero-order chi connectivity index (χ0) is 16.4. The van der Waals surface area contributed by atoms with Gasteiger partial charge in [-0.1, -0.05) is 0 Å². The number of rotatable bonds is 7. The normalized spacial score (nSPS) is 16.3. The Labute approximate surface area is 136 Å². The van der Waals surface area contributed by atoms with Crippen LogP contribution in [0.3, 0.4) is 0 Å². The predicted octanol–water partition coefficient (Wildman–Crippen LogP) is 1.74. The summed E-state index contributed by atoms with van der Waals surface area (Å²) >= 11 is 0. The van der Waals surface area contributed by atoms with E-state index in [1.165, 1.54) is 0 Å². The Hall–Kier alpha value is -1.86. The van der Waals surface area contributed by atoms with Crippen LogP contribution in [0.5, 0.6) is 5.75 Å². The van der Waals surface area contributed by atoms with Crippen molar-refractivity contribution in [2.24, 2.45) is 7.05 Å². The molecule has 23 heavy (non-hydrogen) atoms. The summed E-state index contributed by atoms with van der Waals surface area (Å²) < 4.78 is 33.8. The Bertz CT molecular complexity index is 781. The van der Waals surface area contributed by atoms with E-state index < -0.39 is 10.0 Å². The third-order valence-electron chi connectivity index (χ3n) is 3.63. The van der Waals surface area contributed by atoms with E-state index in [0.29, 0.717) is 5.75 Å². The van der Waals surface area contributed by atoms with E-state index in [1.807, 2.05) is 25.4 Å². The minimum atomic E-state index is -3.19. The molecule has 1 heterocycles. The number of nitrogens with one attached hydrogen (secondary N) is 1. The molecule has 1 aromatic carbocycles. The maximum absolute atomic E-state index is 11.9. The maximum Gasteiger partial charge on any atom is 0.214 e. The van der Waals surface area contributed by atoms with Crippen LogP contribution in [0, 0.1) is 6.07 Å². The molecule has 3 rings (SSSR count). The SMILES string of the molecule is C[C@H](COc1c[c]cc(-c2cnn(C)c2)c1)NS(=O)(=O)C1CC1. The number of hydrogen-bond donors (Lipinski definition) is 1. The van der Waals surface area contributed by atoms with Crippen molar-refractivity contribution in [3.63, 3.8) is 0 Å². The van der Waals surface area contributed by atoms with Gasteiger partial charge in [-0.2, -0.15) is 5.10 Å². The predicted molar refractivity (Wildman–Crippen MR) is 87.5 cm³/mol. The third kappa shape index (κ3) is 4.11. The fraction of sp³-hybridized carbons (Fsp3) is 0.438. The first-order valence-corrected chi connectivity index (χ1v) is 9.13. The van der Waals surface area contributed by atoms with Crippen molar-refractivity contribution in [3.8, 4) is 16.9 Å². The van der Waals surface area contributed by atoms with Gasteiger partial charge in [-0.25, -0.2) is 13.1 Å². The first-order valence-electron chi connectivity index (χ1n) is 7.58. The Kier molecular flexibility index (Phi) is 4.41. The van der Waals surface area contributed by atoms with Gasteiger partial charge in [0.05, 0.1) is 17.5 Å². The lowest BCUT2D eigenvalue weighted by Crippen LogP contribution is -2.38. The molecule has 6 nitrogen and oxygen atoms in total. The largest absolute Gasteiger partial charge is 0.492 e. The molecule has 0 aliphatic heterocycles. The highest BCUT2D eigenvalue weighted by Crippen LogP contribution is 2.27. The zero-order valence-electron chi connectivity index (χ0n) is 13.2. The molecule has 0 bridgehead atoms. The summed E-state index contributed by atoms with van der Waals surface area (Å²) in [6.07, 6.45) is 5.20. The average Bonchev–Trinajstić information content (AvgIpc) is 3.28. The van der Waals surface area contributed by atoms with Crippen LogP contribution in [-0.4, -0.2) is 36.1 Å². The first kappa shape index (κ1) is 16.0. The first-order chi connectivity index (χ1) is 10.9. The van der Waals surface area contributed by atoms with Gasteiger partial charge in [0, 0.05) is 18.8 Å². The summed E-state index contributed by atoms with van der Waals surface area (Å²) in [5, 5.41) is 3.93. The molecule has 0 spiro atoms. The summed E-state index contributed by atoms with van der Waals surface area (Å²) in [5.74, 6) is 0.656. The number of aryl methyl sites for hydroxylation is 1. The van der Waals surface area contributed by atoms with E-state index in [1.54, 1.807) is 23.9 Å². The van der Waals surface area contributed by atoms with E-state index in [2.05, 4.69) is 15.9 Å². The van der Waals surface area contributed by atoms with Gasteiger partial charge in [0.2, 0.25) is 10.0 Å². The summed E-state index contributed by atoms with van der Waals surface area (Å²) in [7, 11) is -1.33. The number of aromatic nitrogens is 2. The second-order valence-electron chi connectivity index (χ2n) is 5.93. The van der Waals surface area contributed by atoms with Crippen LogP contribution >= 0.6 is 0 Å². The maximum atomic E-state index is 11.9. The molecule has 1 aromatic heterocycles. The summed E-state index contributed by atoms with van der Waals surface area (Å²) in [4.78, 5) is 0. The number of benzene rings is 1. The van der Waals surface area contributed by atoms with Crippen LogP contribution in [0.4, 0.5) is 0 Å². The number of hydrogen-bond acceptors (Lipinski definition) is 4. The molecular weight excluding hydrogens is 314 g/mol. The van der Waals surface area contributed by atoms with Crippen molar-refractivity contribution >= 4 is 10.0 Å².